The Hall–Kier alpha value is -5.36. The zero-order valence-corrected chi connectivity index (χ0v) is 42.3. The highest BCUT2D eigenvalue weighted by molar-refractivity contribution is 6.12. The quantitative estimate of drug-likeness (QED) is 0.0806. The number of para-hydroxylation sites is 1. The van der Waals surface area contributed by atoms with Crippen LogP contribution in [0.1, 0.15) is 105 Å². The highest BCUT2D eigenvalue weighted by Gasteiger charge is 2.44. The minimum absolute atomic E-state index is 0.00529. The summed E-state index contributed by atoms with van der Waals surface area (Å²) in [6, 6.07) is 2.80. The van der Waals surface area contributed by atoms with Gasteiger partial charge in [0.15, 0.2) is 0 Å². The summed E-state index contributed by atoms with van der Waals surface area (Å²) in [7, 11) is 7.68. The fourth-order valence-corrected chi connectivity index (χ4v) is 9.50. The van der Waals surface area contributed by atoms with Crippen molar-refractivity contribution < 1.29 is 57.7 Å². The molecule has 18 nitrogen and oxygen atoms in total. The van der Waals surface area contributed by atoms with Crippen molar-refractivity contribution in [3.05, 3.63) is 42.0 Å². The maximum absolute atomic E-state index is 14.6. The molecule has 7 amide bonds. The van der Waals surface area contributed by atoms with Gasteiger partial charge in [-0.2, -0.15) is 0 Å². The Morgan fingerprint density at radius 2 is 1.49 bits per heavy atom. The Balaban J connectivity index is 1.72. The van der Waals surface area contributed by atoms with Crippen LogP contribution in [0.4, 0.5) is 0 Å². The number of methoxy groups -OCH3 is 3. The van der Waals surface area contributed by atoms with Gasteiger partial charge in [-0.1, -0.05) is 79.5 Å². The molecule has 2 aliphatic heterocycles. The monoisotopic (exact) mass is 955 g/mol. The van der Waals surface area contributed by atoms with Gasteiger partial charge >= 0.3 is 5.97 Å². The van der Waals surface area contributed by atoms with Crippen molar-refractivity contribution in [2.75, 3.05) is 48.5 Å². The Labute approximate surface area is 402 Å². The maximum Gasteiger partial charge on any atom is 0.326 e. The average molecular weight is 955 g/mol. The van der Waals surface area contributed by atoms with Crippen LogP contribution in [0.15, 0.2) is 36.4 Å². The van der Waals surface area contributed by atoms with Gasteiger partial charge in [-0.15, -0.1) is 0 Å². The van der Waals surface area contributed by atoms with Crippen LogP contribution in [0, 0.1) is 23.7 Å². The molecule has 18 heteroatoms. The topological polar surface area (TPSA) is 222 Å². The van der Waals surface area contributed by atoms with E-state index in [0.29, 0.717) is 56.4 Å². The highest BCUT2D eigenvalue weighted by Crippen LogP contribution is 2.30. The number of rotatable bonds is 28. The minimum atomic E-state index is -1.24. The second-order valence-electron chi connectivity index (χ2n) is 18.9. The number of carbonyl (C=O) groups excluding carboxylic acids is 7. The van der Waals surface area contributed by atoms with Crippen molar-refractivity contribution >= 4 is 47.3 Å². The van der Waals surface area contributed by atoms with Crippen molar-refractivity contribution in [2.24, 2.45) is 23.7 Å². The summed E-state index contributed by atoms with van der Waals surface area (Å²) in [5, 5.41) is 15.7. The number of nitrogens with zero attached hydrogens (tertiary/aromatic N) is 4. The molecule has 0 bridgehead atoms. The number of imide groups is 1. The molecule has 3 rings (SSSR count). The first-order valence-corrected chi connectivity index (χ1v) is 24.0. The Bertz CT molecular complexity index is 1920. The number of carbonyl (C=O) groups is 8. The second kappa shape index (κ2) is 27.0. The molecule has 68 heavy (non-hydrogen) atoms. The fourth-order valence-electron chi connectivity index (χ4n) is 9.50. The third-order valence-corrected chi connectivity index (χ3v) is 13.6. The summed E-state index contributed by atoms with van der Waals surface area (Å²) < 4.78 is 17.3. The Morgan fingerprint density at radius 1 is 0.838 bits per heavy atom. The minimum Gasteiger partial charge on any atom is -0.496 e. The maximum atomic E-state index is 14.6. The first-order valence-electron chi connectivity index (χ1n) is 24.0. The van der Waals surface area contributed by atoms with Crippen LogP contribution in [-0.4, -0.2) is 163 Å². The molecular weight excluding hydrogens is 877 g/mol. The third kappa shape index (κ3) is 14.8. The number of likely N-dealkylation sites (tertiary alicyclic amines) is 1. The SMILES string of the molecule is CC[C@H](C)C([C@@H](CC(=O)N1CCC[C@H]1[C@H](OC)[C@@H](C)C(=O)N[C@@H](Cc1ccccc1OC)C(=O)O)OC)N(C)C(=O)[C@@H](NC(=O)C(C(C)C)N(C)C(=O)CCCCCN1C(=O)C=CC1=O)C(C)C. The average Bonchev–Trinajstić information content (AvgIpc) is 3.92. The molecule has 0 aliphatic carbocycles. The second-order valence-corrected chi connectivity index (χ2v) is 18.9. The van der Waals surface area contributed by atoms with Crippen LogP contribution in [0.25, 0.3) is 0 Å². The van der Waals surface area contributed by atoms with Gasteiger partial charge in [0.1, 0.15) is 23.9 Å². The van der Waals surface area contributed by atoms with E-state index in [1.54, 1.807) is 55.1 Å². The summed E-state index contributed by atoms with van der Waals surface area (Å²) in [6.07, 6.45) is 4.50. The van der Waals surface area contributed by atoms with Gasteiger partial charge < -0.3 is 44.7 Å². The molecule has 9 atom stereocenters. The lowest BCUT2D eigenvalue weighted by molar-refractivity contribution is -0.149. The van der Waals surface area contributed by atoms with E-state index in [4.69, 9.17) is 14.2 Å². The molecule has 1 aromatic carbocycles. The molecule has 0 spiro atoms. The molecule has 1 aromatic rings. The number of aliphatic carboxylic acids is 1. The Kier molecular flexibility index (Phi) is 22.6. The number of ether oxygens (including phenoxy) is 3. The van der Waals surface area contributed by atoms with Crippen molar-refractivity contribution in [3.63, 3.8) is 0 Å². The van der Waals surface area contributed by atoms with E-state index in [9.17, 15) is 43.5 Å². The van der Waals surface area contributed by atoms with Crippen molar-refractivity contribution in [1.82, 2.24) is 30.2 Å². The number of hydrogen-bond donors (Lipinski definition) is 3. The van der Waals surface area contributed by atoms with Crippen LogP contribution in [0.2, 0.25) is 0 Å². The summed E-state index contributed by atoms with van der Waals surface area (Å²) in [5.41, 5.74) is 0.621. The summed E-state index contributed by atoms with van der Waals surface area (Å²) in [6.45, 7) is 13.6. The van der Waals surface area contributed by atoms with Gasteiger partial charge in [0.25, 0.3) is 11.8 Å². The van der Waals surface area contributed by atoms with E-state index in [1.807, 2.05) is 41.5 Å². The number of benzene rings is 1. The van der Waals surface area contributed by atoms with Crippen LogP contribution in [0.5, 0.6) is 5.75 Å². The molecule has 2 heterocycles. The standard InChI is InChI=1S/C50H78N6O12/c1-13-32(6)45(54(9)49(63)43(30(2)3)52-48(62)44(31(4)5)53(8)39(57)23-15-14-18-26-56-40(58)24-25-41(56)59)38(67-11)29-42(60)55-27-19-21-36(55)46(68-12)33(7)47(61)51-35(50(64)65)28-34-20-16-17-22-37(34)66-10/h16-17,20,22,24-25,30-33,35-36,38,43-46H,13-15,18-19,21,23,26-29H2,1-12H3,(H,51,61)(H,52,62)(H,64,65)/t32-,33+,35-,36-,38+,43-,44?,45?,46+/m0/s1. The Morgan fingerprint density at radius 3 is 2.04 bits per heavy atom. The van der Waals surface area contributed by atoms with E-state index >= 15 is 0 Å². The van der Waals surface area contributed by atoms with E-state index < -0.39 is 66.1 Å². The smallest absolute Gasteiger partial charge is 0.326 e. The first-order chi connectivity index (χ1) is 32.1. The number of carboxylic acids is 1. The molecule has 0 radical (unpaired) electrons. The number of amides is 7. The first kappa shape index (κ1) is 57.0. The van der Waals surface area contributed by atoms with Crippen LogP contribution >= 0.6 is 0 Å². The predicted molar refractivity (Wildman–Crippen MR) is 255 cm³/mol. The summed E-state index contributed by atoms with van der Waals surface area (Å²) in [4.78, 5) is 112. The fraction of sp³-hybridized carbons (Fsp3) is 0.680. The highest BCUT2D eigenvalue weighted by atomic mass is 16.5. The van der Waals surface area contributed by atoms with Gasteiger partial charge in [0.2, 0.25) is 29.5 Å². The van der Waals surface area contributed by atoms with Crippen molar-refractivity contribution in [3.8, 4) is 5.75 Å². The van der Waals surface area contributed by atoms with Crippen LogP contribution < -0.4 is 15.4 Å². The van der Waals surface area contributed by atoms with Crippen molar-refractivity contribution in [2.45, 2.75) is 149 Å². The molecule has 0 saturated carbocycles. The largest absolute Gasteiger partial charge is 0.496 e. The molecule has 2 aliphatic rings. The number of likely N-dealkylation sites (N-methyl/N-ethyl adjacent to an activating group) is 2. The van der Waals surface area contributed by atoms with Gasteiger partial charge in [0, 0.05) is 66.4 Å². The van der Waals surface area contributed by atoms with Crippen LogP contribution in [-0.2, 0) is 54.3 Å². The molecular formula is C50H78N6O12. The molecule has 1 saturated heterocycles. The molecule has 380 valence electrons. The number of unbranched alkanes of at least 4 members (excludes halogenated alkanes) is 2. The van der Waals surface area contributed by atoms with Gasteiger partial charge in [0.05, 0.1) is 43.7 Å². The van der Waals surface area contributed by atoms with Crippen molar-refractivity contribution in [1.29, 1.82) is 0 Å². The van der Waals surface area contributed by atoms with E-state index in [1.165, 1.54) is 43.3 Å². The number of hydrogen-bond acceptors (Lipinski definition) is 11. The summed E-state index contributed by atoms with van der Waals surface area (Å²) >= 11 is 0. The zero-order chi connectivity index (χ0) is 51.0. The van der Waals surface area contributed by atoms with E-state index in [-0.39, 0.29) is 73.1 Å². The van der Waals surface area contributed by atoms with E-state index in [2.05, 4.69) is 10.6 Å². The normalized spacial score (nSPS) is 18.4. The molecule has 1 fully saturated rings. The van der Waals surface area contributed by atoms with Gasteiger partial charge in [-0.05, 0) is 55.1 Å². The lowest BCUT2D eigenvalue weighted by Gasteiger charge is -2.41. The lowest BCUT2D eigenvalue weighted by atomic mass is 9.89. The lowest BCUT2D eigenvalue weighted by Crippen LogP contribution is -2.60. The summed E-state index contributed by atoms with van der Waals surface area (Å²) in [5.74, 6) is -4.90. The molecule has 2 unspecified atom stereocenters. The van der Waals surface area contributed by atoms with Gasteiger partial charge in [-0.3, -0.25) is 38.5 Å². The number of nitrogens with one attached hydrogen (secondary N) is 2. The third-order valence-electron chi connectivity index (χ3n) is 13.6. The molecule has 0 aromatic heterocycles. The van der Waals surface area contributed by atoms with Gasteiger partial charge in [-0.25, -0.2) is 4.79 Å². The predicted octanol–water partition coefficient (Wildman–Crippen LogP) is 3.84. The number of carboxylic acid groups (broad SMARTS) is 1. The van der Waals surface area contributed by atoms with E-state index in [0.717, 1.165) is 0 Å². The van der Waals surface area contributed by atoms with Crippen LogP contribution in [0.3, 0.4) is 0 Å². The zero-order valence-electron chi connectivity index (χ0n) is 42.3. The molecule has 3 N–H and O–H groups in total.